The van der Waals surface area contributed by atoms with Gasteiger partial charge < -0.3 is 4.74 Å². The van der Waals surface area contributed by atoms with Crippen LogP contribution >= 0.6 is 0 Å². The lowest BCUT2D eigenvalue weighted by Crippen LogP contribution is -2.14. The zero-order valence-electron chi connectivity index (χ0n) is 4.14. The second kappa shape index (κ2) is 1.21. The molecule has 36 valence electrons. The van der Waals surface area contributed by atoms with E-state index < -0.39 is 0 Å². The monoisotopic (exact) mass is 87.1 g/mol. The van der Waals surface area contributed by atoms with E-state index in [9.17, 15) is 0 Å². The first-order chi connectivity index (χ1) is 2.80. The molecule has 2 heteroatoms. The number of nitrogens with zero attached hydrogens (tertiary/aromatic N) is 1. The molecule has 1 aliphatic heterocycles. The van der Waals surface area contributed by atoms with E-state index >= 15 is 0 Å². The van der Waals surface area contributed by atoms with Crippen molar-refractivity contribution in [1.82, 2.24) is 4.90 Å². The first-order valence-corrected chi connectivity index (χ1v) is 2.09. The van der Waals surface area contributed by atoms with Gasteiger partial charge in [0.25, 0.3) is 0 Å². The van der Waals surface area contributed by atoms with Crippen LogP contribution in [-0.4, -0.2) is 31.8 Å². The molecule has 2 nitrogen and oxygen atoms in total. The summed E-state index contributed by atoms with van der Waals surface area (Å²) in [4.78, 5) is 2.06. The molecule has 0 aromatic heterocycles. The summed E-state index contributed by atoms with van der Waals surface area (Å²) in [7, 11) is 4.02. The van der Waals surface area contributed by atoms with E-state index in [0.717, 1.165) is 6.61 Å². The number of likely N-dealkylation sites (N-methyl/N-ethyl adjacent to an activating group) is 1. The Balaban J connectivity index is 2.13. The maximum absolute atomic E-state index is 4.90. The van der Waals surface area contributed by atoms with Gasteiger partial charge >= 0.3 is 0 Å². The van der Waals surface area contributed by atoms with Crippen molar-refractivity contribution < 1.29 is 4.74 Å². The van der Waals surface area contributed by atoms with Crippen LogP contribution in [0.1, 0.15) is 0 Å². The highest BCUT2D eigenvalue weighted by Crippen LogP contribution is 2.09. The summed E-state index contributed by atoms with van der Waals surface area (Å²) < 4.78 is 4.90. The van der Waals surface area contributed by atoms with E-state index in [1.165, 1.54) is 0 Å². The van der Waals surface area contributed by atoms with Crippen LogP contribution in [0.4, 0.5) is 0 Å². The third-order valence-corrected chi connectivity index (χ3v) is 0.892. The minimum atomic E-state index is 0.435. The van der Waals surface area contributed by atoms with Gasteiger partial charge in [-0.3, -0.25) is 4.90 Å². The highest BCUT2D eigenvalue weighted by atomic mass is 16.6. The van der Waals surface area contributed by atoms with Crippen molar-refractivity contribution in [2.24, 2.45) is 0 Å². The second-order valence-corrected chi connectivity index (χ2v) is 1.75. The van der Waals surface area contributed by atoms with E-state index in [-0.39, 0.29) is 0 Å². The SMILES string of the molecule is CN(C)C1CO1. The molecule has 0 spiro atoms. The van der Waals surface area contributed by atoms with Crippen molar-refractivity contribution >= 4 is 0 Å². The van der Waals surface area contributed by atoms with Crippen LogP contribution in [0.25, 0.3) is 0 Å². The van der Waals surface area contributed by atoms with Crippen molar-refractivity contribution in [3.63, 3.8) is 0 Å². The first kappa shape index (κ1) is 4.09. The fraction of sp³-hybridized carbons (Fsp3) is 1.00. The number of epoxide rings is 1. The molecule has 1 atom stereocenters. The van der Waals surface area contributed by atoms with Gasteiger partial charge in [-0.05, 0) is 14.1 Å². The van der Waals surface area contributed by atoms with Crippen LogP contribution in [0, 0.1) is 0 Å². The Bertz CT molecular complexity index is 49.5. The van der Waals surface area contributed by atoms with E-state index in [0.29, 0.717) is 6.23 Å². The Morgan fingerprint density at radius 3 is 2.17 bits per heavy atom. The maximum atomic E-state index is 4.90. The van der Waals surface area contributed by atoms with Crippen LogP contribution in [0.5, 0.6) is 0 Å². The van der Waals surface area contributed by atoms with Crippen LogP contribution in [0.3, 0.4) is 0 Å². The lowest BCUT2D eigenvalue weighted by atomic mass is 10.7. The van der Waals surface area contributed by atoms with Crippen LogP contribution in [-0.2, 0) is 4.74 Å². The predicted octanol–water partition coefficient (Wildman–Crippen LogP) is -0.0957. The summed E-state index contributed by atoms with van der Waals surface area (Å²) in [5, 5.41) is 0. The van der Waals surface area contributed by atoms with Gasteiger partial charge in [-0.2, -0.15) is 0 Å². The van der Waals surface area contributed by atoms with Gasteiger partial charge in [0.15, 0.2) is 0 Å². The number of hydrogen-bond donors (Lipinski definition) is 0. The molecular formula is C4H9NO. The Labute approximate surface area is 37.7 Å². The quantitative estimate of drug-likeness (QED) is 0.415. The van der Waals surface area contributed by atoms with Crippen molar-refractivity contribution in [2.75, 3.05) is 20.7 Å². The molecule has 0 radical (unpaired) electrons. The molecule has 0 aromatic carbocycles. The standard InChI is InChI=1S/C4H9NO/c1-5(2)4-3-6-4/h4H,3H2,1-2H3. The Morgan fingerprint density at radius 1 is 1.67 bits per heavy atom. The zero-order chi connectivity index (χ0) is 4.57. The summed E-state index contributed by atoms with van der Waals surface area (Å²) >= 11 is 0. The van der Waals surface area contributed by atoms with Gasteiger partial charge in [0.05, 0.1) is 6.61 Å². The topological polar surface area (TPSA) is 15.8 Å². The highest BCUT2D eigenvalue weighted by Gasteiger charge is 2.23. The van der Waals surface area contributed by atoms with Gasteiger partial charge in [0, 0.05) is 0 Å². The third-order valence-electron chi connectivity index (χ3n) is 0.892. The van der Waals surface area contributed by atoms with Crippen molar-refractivity contribution in [2.45, 2.75) is 6.23 Å². The van der Waals surface area contributed by atoms with Crippen molar-refractivity contribution in [1.29, 1.82) is 0 Å². The smallest absolute Gasteiger partial charge is 0.134 e. The highest BCUT2D eigenvalue weighted by molar-refractivity contribution is 4.63. The number of hydrogen-bond acceptors (Lipinski definition) is 2. The molecule has 1 heterocycles. The van der Waals surface area contributed by atoms with Crippen LogP contribution in [0.2, 0.25) is 0 Å². The molecule has 1 saturated heterocycles. The molecule has 1 rings (SSSR count). The van der Waals surface area contributed by atoms with Gasteiger partial charge in [0.2, 0.25) is 0 Å². The van der Waals surface area contributed by atoms with Crippen molar-refractivity contribution in [3.05, 3.63) is 0 Å². The zero-order valence-corrected chi connectivity index (χ0v) is 4.14. The van der Waals surface area contributed by atoms with E-state index in [1.807, 2.05) is 14.1 Å². The van der Waals surface area contributed by atoms with E-state index in [2.05, 4.69) is 4.90 Å². The Morgan fingerprint density at radius 2 is 2.17 bits per heavy atom. The van der Waals surface area contributed by atoms with E-state index in [4.69, 9.17) is 4.74 Å². The Hall–Kier alpha value is -0.0800. The van der Waals surface area contributed by atoms with Gasteiger partial charge in [0.1, 0.15) is 6.23 Å². The molecule has 0 bridgehead atoms. The minimum Gasteiger partial charge on any atom is -0.357 e. The average molecular weight is 87.1 g/mol. The largest absolute Gasteiger partial charge is 0.357 e. The van der Waals surface area contributed by atoms with Gasteiger partial charge in [-0.25, -0.2) is 0 Å². The molecule has 1 fully saturated rings. The maximum Gasteiger partial charge on any atom is 0.134 e. The predicted molar refractivity (Wildman–Crippen MR) is 23.4 cm³/mol. The Kier molecular flexibility index (Phi) is 0.821. The second-order valence-electron chi connectivity index (χ2n) is 1.75. The molecule has 0 aliphatic carbocycles. The minimum absolute atomic E-state index is 0.435. The summed E-state index contributed by atoms with van der Waals surface area (Å²) in [6.45, 7) is 0.924. The molecule has 0 aromatic rings. The lowest BCUT2D eigenvalue weighted by Gasteiger charge is -2.00. The molecule has 0 amide bonds. The van der Waals surface area contributed by atoms with E-state index in [1.54, 1.807) is 0 Å². The molecule has 0 N–H and O–H groups in total. The molecule has 1 aliphatic rings. The summed E-state index contributed by atoms with van der Waals surface area (Å²) in [6.07, 6.45) is 0.435. The summed E-state index contributed by atoms with van der Waals surface area (Å²) in [6, 6.07) is 0. The number of rotatable bonds is 1. The molecule has 6 heavy (non-hydrogen) atoms. The summed E-state index contributed by atoms with van der Waals surface area (Å²) in [5.74, 6) is 0. The van der Waals surface area contributed by atoms with Gasteiger partial charge in [-0.1, -0.05) is 0 Å². The molecular weight excluding hydrogens is 78.0 g/mol. The molecule has 0 saturated carbocycles. The number of ether oxygens (including phenoxy) is 1. The average Bonchev–Trinajstić information content (AvgIpc) is 2.06. The van der Waals surface area contributed by atoms with Crippen LogP contribution < -0.4 is 0 Å². The van der Waals surface area contributed by atoms with Crippen molar-refractivity contribution in [3.8, 4) is 0 Å². The fourth-order valence-electron chi connectivity index (χ4n) is 0.341. The first-order valence-electron chi connectivity index (χ1n) is 2.09. The summed E-state index contributed by atoms with van der Waals surface area (Å²) in [5.41, 5.74) is 0. The van der Waals surface area contributed by atoms with Gasteiger partial charge in [-0.15, -0.1) is 0 Å². The lowest BCUT2D eigenvalue weighted by molar-refractivity contribution is 0.248. The molecule has 1 unspecified atom stereocenters. The van der Waals surface area contributed by atoms with Crippen LogP contribution in [0.15, 0.2) is 0 Å². The third kappa shape index (κ3) is 0.698. The normalized spacial score (nSPS) is 31.5. The fourth-order valence-corrected chi connectivity index (χ4v) is 0.341.